The van der Waals surface area contributed by atoms with Gasteiger partial charge in [0.25, 0.3) is 0 Å². The summed E-state index contributed by atoms with van der Waals surface area (Å²) < 4.78 is 3.63. The molecule has 42 heavy (non-hydrogen) atoms. The van der Waals surface area contributed by atoms with Gasteiger partial charge in [0.05, 0.1) is 21.6 Å². The highest BCUT2D eigenvalue weighted by atomic mass is 32.1. The first-order valence-corrected chi connectivity index (χ1v) is 14.9. The minimum absolute atomic E-state index is 0.228. The fraction of sp³-hybridized carbons (Fsp3) is 0.0270. The first-order chi connectivity index (χ1) is 20.8. The van der Waals surface area contributed by atoms with Crippen LogP contribution in [0.25, 0.3) is 53.8 Å². The van der Waals surface area contributed by atoms with Gasteiger partial charge in [-0.2, -0.15) is 0 Å². The maximum atomic E-state index is 5.48. The number of hydrogen-bond donors (Lipinski definition) is 1. The average molecular weight is 557 g/mol. The number of para-hydroxylation sites is 1. The molecule has 5 heteroatoms. The summed E-state index contributed by atoms with van der Waals surface area (Å²) in [6, 6.07) is 43.4. The number of hydrogen-bond acceptors (Lipinski definition) is 4. The Morgan fingerprint density at radius 2 is 1.31 bits per heavy atom. The smallest absolute Gasteiger partial charge is 0.154 e. The molecule has 0 radical (unpaired) electrons. The van der Waals surface area contributed by atoms with E-state index in [2.05, 4.69) is 124 Å². The Morgan fingerprint density at radius 3 is 2.14 bits per heavy atom. The summed E-state index contributed by atoms with van der Waals surface area (Å²) in [5.41, 5.74) is 6.93. The second kappa shape index (κ2) is 9.13. The molecule has 1 N–H and O–H groups in total. The molecule has 0 amide bonds. The van der Waals surface area contributed by atoms with E-state index in [1.807, 2.05) is 24.5 Å². The fourth-order valence-corrected chi connectivity index (χ4v) is 7.45. The van der Waals surface area contributed by atoms with Crippen LogP contribution in [0.4, 0.5) is 5.69 Å². The molecule has 4 heterocycles. The van der Waals surface area contributed by atoms with Crippen molar-refractivity contribution < 1.29 is 0 Å². The SMILES string of the molecule is c1ccc2cc3c(cc2c1)c1ccccc1n3C1=NC(c2ccc(-c3ccncc3)cc2)Nc2c1sc1ccccc21. The Hall–Kier alpha value is -5.26. The van der Waals surface area contributed by atoms with Gasteiger partial charge in [-0.15, -0.1) is 11.3 Å². The molecule has 4 nitrogen and oxygen atoms in total. The Bertz CT molecular complexity index is 2330. The summed E-state index contributed by atoms with van der Waals surface area (Å²) in [5.74, 6) is 0.981. The van der Waals surface area contributed by atoms with E-state index in [1.54, 1.807) is 11.3 Å². The standard InChI is InChI=1S/C37H24N4S/c1-2-8-27-22-32-30(21-26(27)7-1)28-9-3-5-11-31(28)41(32)37-35-34(29-10-4-6-12-33(29)42-35)39-36(40-37)25-15-13-23(14-16-25)24-17-19-38-20-18-24/h1-22,36,39H. The number of pyridine rings is 1. The van der Waals surface area contributed by atoms with Crippen LogP contribution in [0.5, 0.6) is 0 Å². The molecular weight excluding hydrogens is 533 g/mol. The Labute approximate surface area is 246 Å². The Balaban J connectivity index is 1.30. The number of nitrogens with zero attached hydrogens (tertiary/aromatic N) is 3. The zero-order valence-corrected chi connectivity index (χ0v) is 23.3. The Kier molecular flexibility index (Phi) is 5.10. The van der Waals surface area contributed by atoms with Crippen LogP contribution < -0.4 is 5.32 Å². The van der Waals surface area contributed by atoms with E-state index in [-0.39, 0.29) is 6.17 Å². The number of aliphatic imine (C=N–C) groups is 1. The number of nitrogens with one attached hydrogen (secondary N) is 1. The number of aromatic nitrogens is 2. The third-order valence-corrected chi connectivity index (χ3v) is 9.49. The van der Waals surface area contributed by atoms with Crippen molar-refractivity contribution in [3.8, 4) is 11.1 Å². The molecule has 0 saturated carbocycles. The molecule has 1 atom stereocenters. The molecule has 0 spiro atoms. The highest BCUT2D eigenvalue weighted by Crippen LogP contribution is 2.44. The first kappa shape index (κ1) is 23.4. The van der Waals surface area contributed by atoms with Gasteiger partial charge in [0, 0.05) is 33.3 Å². The lowest BCUT2D eigenvalue weighted by Crippen LogP contribution is -2.23. The normalized spacial score (nSPS) is 14.8. The minimum atomic E-state index is -0.228. The third kappa shape index (κ3) is 3.54. The second-order valence-corrected chi connectivity index (χ2v) is 11.8. The van der Waals surface area contributed by atoms with Crippen molar-refractivity contribution in [3.05, 3.63) is 144 Å². The van der Waals surface area contributed by atoms with Gasteiger partial charge in [0.2, 0.25) is 0 Å². The lowest BCUT2D eigenvalue weighted by Gasteiger charge is -2.25. The zero-order valence-electron chi connectivity index (χ0n) is 22.5. The highest BCUT2D eigenvalue weighted by molar-refractivity contribution is 7.21. The Morgan fingerprint density at radius 1 is 0.619 bits per heavy atom. The van der Waals surface area contributed by atoms with Crippen molar-refractivity contribution in [2.24, 2.45) is 4.99 Å². The van der Waals surface area contributed by atoms with E-state index in [9.17, 15) is 0 Å². The van der Waals surface area contributed by atoms with Crippen molar-refractivity contribution in [3.63, 3.8) is 0 Å². The van der Waals surface area contributed by atoms with E-state index >= 15 is 0 Å². The average Bonchev–Trinajstić information content (AvgIpc) is 3.59. The molecule has 1 unspecified atom stereocenters. The van der Waals surface area contributed by atoms with Gasteiger partial charge in [-0.3, -0.25) is 9.55 Å². The maximum Gasteiger partial charge on any atom is 0.154 e. The van der Waals surface area contributed by atoms with Crippen LogP contribution in [0.1, 0.15) is 16.6 Å². The molecule has 1 aliphatic heterocycles. The molecule has 5 aromatic carbocycles. The van der Waals surface area contributed by atoms with Crippen molar-refractivity contribution in [1.82, 2.24) is 9.55 Å². The van der Waals surface area contributed by atoms with Crippen LogP contribution >= 0.6 is 11.3 Å². The quantitative estimate of drug-likeness (QED) is 0.230. The summed E-state index contributed by atoms with van der Waals surface area (Å²) in [4.78, 5) is 10.8. The predicted octanol–water partition coefficient (Wildman–Crippen LogP) is 9.64. The topological polar surface area (TPSA) is 42.2 Å². The number of anilines is 1. The summed E-state index contributed by atoms with van der Waals surface area (Å²) in [6.07, 6.45) is 3.44. The second-order valence-electron chi connectivity index (χ2n) is 10.7. The van der Waals surface area contributed by atoms with Gasteiger partial charge in [-0.25, -0.2) is 4.99 Å². The van der Waals surface area contributed by atoms with E-state index in [0.29, 0.717) is 0 Å². The van der Waals surface area contributed by atoms with E-state index < -0.39 is 0 Å². The molecule has 0 aliphatic carbocycles. The van der Waals surface area contributed by atoms with Gasteiger partial charge < -0.3 is 5.32 Å². The maximum absolute atomic E-state index is 5.48. The lowest BCUT2D eigenvalue weighted by molar-refractivity contribution is 0.823. The van der Waals surface area contributed by atoms with Crippen molar-refractivity contribution in [2.75, 3.05) is 5.32 Å². The van der Waals surface area contributed by atoms with Crippen molar-refractivity contribution in [2.45, 2.75) is 6.17 Å². The fourth-order valence-electron chi connectivity index (χ4n) is 6.30. The van der Waals surface area contributed by atoms with Gasteiger partial charge in [-0.05, 0) is 63.9 Å². The largest absolute Gasteiger partial charge is 0.358 e. The lowest BCUT2D eigenvalue weighted by atomic mass is 10.0. The third-order valence-electron chi connectivity index (χ3n) is 8.32. The number of thiophene rings is 1. The number of fused-ring (bicyclic) bond motifs is 7. The van der Waals surface area contributed by atoms with Crippen LogP contribution in [-0.2, 0) is 0 Å². The van der Waals surface area contributed by atoms with Crippen LogP contribution in [0.2, 0.25) is 0 Å². The van der Waals surface area contributed by atoms with Crippen LogP contribution in [-0.4, -0.2) is 15.4 Å². The van der Waals surface area contributed by atoms with Gasteiger partial charge in [0.15, 0.2) is 5.84 Å². The van der Waals surface area contributed by atoms with Crippen molar-refractivity contribution >= 4 is 65.5 Å². The van der Waals surface area contributed by atoms with Crippen LogP contribution in [0.15, 0.2) is 139 Å². The molecule has 0 fully saturated rings. The van der Waals surface area contributed by atoms with Crippen molar-refractivity contribution in [1.29, 1.82) is 0 Å². The number of benzene rings is 5. The summed E-state index contributed by atoms with van der Waals surface area (Å²) in [6.45, 7) is 0. The molecule has 9 rings (SSSR count). The van der Waals surface area contributed by atoms with E-state index in [0.717, 1.165) is 33.1 Å². The van der Waals surface area contributed by atoms with Gasteiger partial charge in [0.1, 0.15) is 6.17 Å². The zero-order chi connectivity index (χ0) is 27.6. The number of rotatable bonds is 2. The summed E-state index contributed by atoms with van der Waals surface area (Å²) in [7, 11) is 0. The molecule has 0 saturated heterocycles. The highest BCUT2D eigenvalue weighted by Gasteiger charge is 2.29. The first-order valence-electron chi connectivity index (χ1n) is 14.1. The molecular formula is C37H24N4S. The van der Waals surface area contributed by atoms with E-state index in [1.165, 1.54) is 42.7 Å². The van der Waals surface area contributed by atoms with Crippen LogP contribution in [0, 0.1) is 0 Å². The summed E-state index contributed by atoms with van der Waals surface area (Å²) in [5, 5.41) is 9.99. The molecule has 8 aromatic rings. The molecule has 198 valence electrons. The summed E-state index contributed by atoms with van der Waals surface area (Å²) >= 11 is 1.80. The van der Waals surface area contributed by atoms with E-state index in [4.69, 9.17) is 4.99 Å². The molecule has 1 aliphatic rings. The van der Waals surface area contributed by atoms with Gasteiger partial charge >= 0.3 is 0 Å². The minimum Gasteiger partial charge on any atom is -0.358 e. The monoisotopic (exact) mass is 556 g/mol. The predicted molar refractivity (Wildman–Crippen MR) is 177 cm³/mol. The molecule has 0 bridgehead atoms. The molecule has 3 aromatic heterocycles. The van der Waals surface area contributed by atoms with Gasteiger partial charge in [-0.1, -0.05) is 84.9 Å². The van der Waals surface area contributed by atoms with Crippen LogP contribution in [0.3, 0.4) is 0 Å².